The Bertz CT molecular complexity index is 326. The Labute approximate surface area is 109 Å². The molecule has 0 bridgehead atoms. The summed E-state index contributed by atoms with van der Waals surface area (Å²) in [5.41, 5.74) is 1.02. The molecule has 1 aromatic carbocycles. The maximum atomic E-state index is 5.88. The van der Waals surface area contributed by atoms with Gasteiger partial charge in [0, 0.05) is 11.6 Å². The normalized spacial score (nSPS) is 10.3. The largest absolute Gasteiger partial charge is 0.493 e. The first kappa shape index (κ1) is 14.2. The summed E-state index contributed by atoms with van der Waals surface area (Å²) < 4.78 is 11.3. The molecule has 0 aliphatic carbocycles. The Kier molecular flexibility index (Phi) is 6.87. The molecule has 0 heterocycles. The van der Waals surface area contributed by atoms with Gasteiger partial charge in [0.25, 0.3) is 0 Å². The van der Waals surface area contributed by atoms with Gasteiger partial charge in [0.1, 0.15) is 11.5 Å². The minimum atomic E-state index is 0.468. The van der Waals surface area contributed by atoms with Gasteiger partial charge in [-0.1, -0.05) is 26.3 Å². The van der Waals surface area contributed by atoms with Gasteiger partial charge in [-0.05, 0) is 18.9 Å². The third-order valence-electron chi connectivity index (χ3n) is 2.41. The summed E-state index contributed by atoms with van der Waals surface area (Å²) in [7, 11) is 0. The third-order valence-corrected chi connectivity index (χ3v) is 2.70. The van der Waals surface area contributed by atoms with Gasteiger partial charge < -0.3 is 9.47 Å². The van der Waals surface area contributed by atoms with Crippen LogP contribution in [0.25, 0.3) is 0 Å². The highest BCUT2D eigenvalue weighted by Crippen LogP contribution is 2.26. The molecule has 0 saturated carbocycles. The van der Waals surface area contributed by atoms with Crippen molar-refractivity contribution in [1.82, 2.24) is 0 Å². The average Bonchev–Trinajstić information content (AvgIpc) is 2.37. The van der Waals surface area contributed by atoms with Crippen molar-refractivity contribution in [2.24, 2.45) is 0 Å². The quantitative estimate of drug-likeness (QED) is 0.507. The van der Waals surface area contributed by atoms with E-state index in [2.05, 4.69) is 13.8 Å². The van der Waals surface area contributed by atoms with Crippen molar-refractivity contribution in [3.8, 4) is 11.5 Å². The highest BCUT2D eigenvalue weighted by Gasteiger charge is 2.05. The third kappa shape index (κ3) is 4.86. The number of rotatable bonds is 8. The topological polar surface area (TPSA) is 18.5 Å². The first-order chi connectivity index (χ1) is 8.31. The number of hydrogen-bond acceptors (Lipinski definition) is 2. The van der Waals surface area contributed by atoms with Crippen LogP contribution in [0.2, 0.25) is 0 Å². The second kappa shape index (κ2) is 8.24. The SMILES string of the molecule is CCCCOc1cc(OCCC)ccc1CCl. The molecule has 0 spiro atoms. The van der Waals surface area contributed by atoms with Crippen LogP contribution in [0, 0.1) is 0 Å². The van der Waals surface area contributed by atoms with E-state index in [1.165, 1.54) is 0 Å². The summed E-state index contributed by atoms with van der Waals surface area (Å²) in [6.45, 7) is 5.70. The highest BCUT2D eigenvalue weighted by atomic mass is 35.5. The van der Waals surface area contributed by atoms with Gasteiger partial charge in [-0.2, -0.15) is 0 Å². The summed E-state index contributed by atoms with van der Waals surface area (Å²) in [6, 6.07) is 5.85. The molecule has 0 aliphatic rings. The van der Waals surface area contributed by atoms with E-state index in [0.717, 1.165) is 49.5 Å². The number of ether oxygens (including phenoxy) is 2. The molecule has 0 amide bonds. The number of hydrogen-bond donors (Lipinski definition) is 0. The lowest BCUT2D eigenvalue weighted by atomic mass is 10.2. The zero-order valence-corrected chi connectivity index (χ0v) is 11.4. The Hall–Kier alpha value is -0.890. The van der Waals surface area contributed by atoms with Gasteiger partial charge >= 0.3 is 0 Å². The first-order valence-corrected chi connectivity index (χ1v) is 6.79. The Morgan fingerprint density at radius 3 is 2.53 bits per heavy atom. The molecule has 2 nitrogen and oxygen atoms in total. The maximum absolute atomic E-state index is 5.88. The standard InChI is InChI=1S/C14H21ClO2/c1-3-5-9-17-14-10-13(16-8-4-2)7-6-12(14)11-15/h6-7,10H,3-5,8-9,11H2,1-2H3. The summed E-state index contributed by atoms with van der Waals surface area (Å²) in [5.74, 6) is 2.17. The van der Waals surface area contributed by atoms with Gasteiger partial charge in [-0.25, -0.2) is 0 Å². The molecule has 1 aromatic rings. The highest BCUT2D eigenvalue weighted by molar-refractivity contribution is 6.17. The second-order valence-electron chi connectivity index (χ2n) is 3.95. The lowest BCUT2D eigenvalue weighted by Gasteiger charge is -2.12. The smallest absolute Gasteiger partial charge is 0.127 e. The summed E-state index contributed by atoms with van der Waals surface area (Å²) in [6.07, 6.45) is 3.19. The van der Waals surface area contributed by atoms with Crippen LogP contribution in [0.3, 0.4) is 0 Å². The van der Waals surface area contributed by atoms with E-state index in [-0.39, 0.29) is 0 Å². The van der Waals surface area contributed by atoms with Crippen molar-refractivity contribution < 1.29 is 9.47 Å². The molecule has 3 heteroatoms. The van der Waals surface area contributed by atoms with Crippen molar-refractivity contribution in [3.63, 3.8) is 0 Å². The van der Waals surface area contributed by atoms with Crippen LogP contribution >= 0.6 is 11.6 Å². The molecule has 0 radical (unpaired) electrons. The van der Waals surface area contributed by atoms with Crippen LogP contribution in [0.4, 0.5) is 0 Å². The number of alkyl halides is 1. The first-order valence-electron chi connectivity index (χ1n) is 6.26. The van der Waals surface area contributed by atoms with Crippen LogP contribution in [0.15, 0.2) is 18.2 Å². The van der Waals surface area contributed by atoms with Crippen LogP contribution in [0.1, 0.15) is 38.7 Å². The van der Waals surface area contributed by atoms with Crippen molar-refractivity contribution in [1.29, 1.82) is 0 Å². The van der Waals surface area contributed by atoms with E-state index in [0.29, 0.717) is 5.88 Å². The van der Waals surface area contributed by atoms with Gasteiger partial charge in [0.15, 0.2) is 0 Å². The fourth-order valence-corrected chi connectivity index (χ4v) is 1.64. The minimum Gasteiger partial charge on any atom is -0.493 e. The van der Waals surface area contributed by atoms with E-state index < -0.39 is 0 Å². The van der Waals surface area contributed by atoms with E-state index >= 15 is 0 Å². The van der Waals surface area contributed by atoms with Crippen molar-refractivity contribution in [2.75, 3.05) is 13.2 Å². The monoisotopic (exact) mass is 256 g/mol. The Balaban J connectivity index is 2.68. The minimum absolute atomic E-state index is 0.468. The predicted octanol–water partition coefficient (Wildman–Crippen LogP) is 4.39. The number of unbranched alkanes of at least 4 members (excludes halogenated alkanes) is 1. The number of benzene rings is 1. The lowest BCUT2D eigenvalue weighted by Crippen LogP contribution is -2.01. The zero-order valence-electron chi connectivity index (χ0n) is 10.7. The molecule has 0 fully saturated rings. The predicted molar refractivity (Wildman–Crippen MR) is 72.2 cm³/mol. The molecular weight excluding hydrogens is 236 g/mol. The van der Waals surface area contributed by atoms with Crippen LogP contribution in [0.5, 0.6) is 11.5 Å². The molecule has 17 heavy (non-hydrogen) atoms. The zero-order chi connectivity index (χ0) is 12.5. The molecule has 0 aromatic heterocycles. The Morgan fingerprint density at radius 2 is 1.88 bits per heavy atom. The fourth-order valence-electron chi connectivity index (χ4n) is 1.42. The molecule has 96 valence electrons. The molecule has 1 rings (SSSR count). The van der Waals surface area contributed by atoms with Gasteiger partial charge in [-0.3, -0.25) is 0 Å². The number of halogens is 1. The molecule has 0 unspecified atom stereocenters. The van der Waals surface area contributed by atoms with Crippen molar-refractivity contribution in [3.05, 3.63) is 23.8 Å². The molecular formula is C14H21ClO2. The van der Waals surface area contributed by atoms with Crippen LogP contribution in [-0.2, 0) is 5.88 Å². The van der Waals surface area contributed by atoms with Crippen molar-refractivity contribution in [2.45, 2.75) is 39.0 Å². The van der Waals surface area contributed by atoms with E-state index in [1.807, 2.05) is 18.2 Å². The summed E-state index contributed by atoms with van der Waals surface area (Å²) >= 11 is 5.88. The molecule has 0 saturated heterocycles. The maximum Gasteiger partial charge on any atom is 0.127 e. The van der Waals surface area contributed by atoms with E-state index in [9.17, 15) is 0 Å². The summed E-state index contributed by atoms with van der Waals surface area (Å²) in [5, 5.41) is 0. The Morgan fingerprint density at radius 1 is 1.06 bits per heavy atom. The molecule has 0 atom stereocenters. The molecule has 0 aliphatic heterocycles. The van der Waals surface area contributed by atoms with E-state index in [1.54, 1.807) is 0 Å². The van der Waals surface area contributed by atoms with Crippen molar-refractivity contribution >= 4 is 11.6 Å². The van der Waals surface area contributed by atoms with E-state index in [4.69, 9.17) is 21.1 Å². The second-order valence-corrected chi connectivity index (χ2v) is 4.22. The van der Waals surface area contributed by atoms with Gasteiger partial charge in [0.05, 0.1) is 19.1 Å². The average molecular weight is 257 g/mol. The summed E-state index contributed by atoms with van der Waals surface area (Å²) in [4.78, 5) is 0. The van der Waals surface area contributed by atoms with Crippen LogP contribution < -0.4 is 9.47 Å². The van der Waals surface area contributed by atoms with Gasteiger partial charge in [-0.15, -0.1) is 11.6 Å². The molecule has 0 N–H and O–H groups in total. The van der Waals surface area contributed by atoms with Gasteiger partial charge in [0.2, 0.25) is 0 Å². The fraction of sp³-hybridized carbons (Fsp3) is 0.571. The lowest BCUT2D eigenvalue weighted by molar-refractivity contribution is 0.295. The van der Waals surface area contributed by atoms with Crippen LogP contribution in [-0.4, -0.2) is 13.2 Å².